The van der Waals surface area contributed by atoms with E-state index in [1.807, 2.05) is 18.3 Å². The van der Waals surface area contributed by atoms with Crippen LogP contribution in [-0.4, -0.2) is 4.98 Å². The second-order valence-electron chi connectivity index (χ2n) is 4.21. The van der Waals surface area contributed by atoms with Crippen LogP contribution in [0.4, 0.5) is 0 Å². The largest absolute Gasteiger partial charge is 0.306 e. The van der Waals surface area contributed by atoms with Gasteiger partial charge in [0, 0.05) is 35.6 Å². The van der Waals surface area contributed by atoms with Crippen LogP contribution < -0.4 is 5.32 Å². The van der Waals surface area contributed by atoms with E-state index in [1.165, 1.54) is 0 Å². The molecule has 1 N–H and O–H groups in total. The maximum atomic E-state index is 6.16. The third-order valence-electron chi connectivity index (χ3n) is 2.91. The summed E-state index contributed by atoms with van der Waals surface area (Å²) in [6.45, 7) is 2.61. The van der Waals surface area contributed by atoms with Gasteiger partial charge in [-0.25, -0.2) is 0 Å². The fourth-order valence-electron chi connectivity index (χ4n) is 1.74. The highest BCUT2D eigenvalue weighted by atomic mass is 35.5. The minimum absolute atomic E-state index is 0.153. The Hall–Kier alpha value is -0.800. The predicted octanol–water partition coefficient (Wildman–Crippen LogP) is 4.89. The molecule has 0 amide bonds. The summed E-state index contributed by atoms with van der Waals surface area (Å²) in [5.41, 5.74) is 1.92. The predicted molar refractivity (Wildman–Crippen MR) is 81.0 cm³/mol. The van der Waals surface area contributed by atoms with E-state index in [-0.39, 0.29) is 6.04 Å². The van der Waals surface area contributed by atoms with Crippen molar-refractivity contribution < 1.29 is 0 Å². The van der Waals surface area contributed by atoms with E-state index in [1.54, 1.807) is 18.3 Å². The monoisotopic (exact) mass is 314 g/mol. The zero-order chi connectivity index (χ0) is 13.8. The lowest BCUT2D eigenvalue weighted by atomic mass is 10.1. The lowest BCUT2D eigenvalue weighted by molar-refractivity contribution is 0.573. The Bertz CT molecular complexity index is 558. The SMILES string of the molecule is C[C@H](NCc1c(Cl)ccc(Cl)c1Cl)c1cccnc1. The van der Waals surface area contributed by atoms with Crippen LogP contribution in [0.25, 0.3) is 0 Å². The van der Waals surface area contributed by atoms with Gasteiger partial charge in [-0.1, -0.05) is 40.9 Å². The van der Waals surface area contributed by atoms with Gasteiger partial charge in [0.15, 0.2) is 0 Å². The summed E-state index contributed by atoms with van der Waals surface area (Å²) in [5, 5.41) is 4.98. The van der Waals surface area contributed by atoms with Crippen LogP contribution in [0.3, 0.4) is 0 Å². The fourth-order valence-corrected chi connectivity index (χ4v) is 2.42. The first-order valence-corrected chi connectivity index (χ1v) is 6.98. The summed E-state index contributed by atoms with van der Waals surface area (Å²) in [5.74, 6) is 0. The van der Waals surface area contributed by atoms with Crippen LogP contribution in [0.2, 0.25) is 15.1 Å². The first-order chi connectivity index (χ1) is 9.09. The molecule has 0 fully saturated rings. The van der Waals surface area contributed by atoms with Crippen molar-refractivity contribution in [2.75, 3.05) is 0 Å². The van der Waals surface area contributed by atoms with Gasteiger partial charge < -0.3 is 5.32 Å². The van der Waals surface area contributed by atoms with E-state index < -0.39 is 0 Å². The molecule has 0 saturated heterocycles. The number of nitrogens with one attached hydrogen (secondary N) is 1. The quantitative estimate of drug-likeness (QED) is 0.812. The molecule has 19 heavy (non-hydrogen) atoms. The number of hydrogen-bond donors (Lipinski definition) is 1. The van der Waals surface area contributed by atoms with Crippen molar-refractivity contribution in [3.63, 3.8) is 0 Å². The molecule has 0 aliphatic heterocycles. The van der Waals surface area contributed by atoms with Crippen LogP contribution in [0, 0.1) is 0 Å². The standard InChI is InChI=1S/C14H13Cl3N2/c1-9(10-3-2-6-18-7-10)19-8-11-12(15)4-5-13(16)14(11)17/h2-7,9,19H,8H2,1H3/t9-/m0/s1. The number of pyridine rings is 1. The normalized spacial score (nSPS) is 12.4. The highest BCUT2D eigenvalue weighted by Gasteiger charge is 2.11. The molecule has 1 aromatic heterocycles. The maximum absolute atomic E-state index is 6.16. The Kier molecular flexibility index (Phi) is 5.06. The number of rotatable bonds is 4. The summed E-state index contributed by atoms with van der Waals surface area (Å²) in [4.78, 5) is 4.10. The minimum Gasteiger partial charge on any atom is -0.306 e. The second kappa shape index (κ2) is 6.58. The van der Waals surface area contributed by atoms with E-state index >= 15 is 0 Å². The molecule has 100 valence electrons. The average Bonchev–Trinajstić information content (AvgIpc) is 2.44. The zero-order valence-electron chi connectivity index (χ0n) is 10.3. The van der Waals surface area contributed by atoms with Crippen LogP contribution >= 0.6 is 34.8 Å². The third kappa shape index (κ3) is 3.61. The smallest absolute Gasteiger partial charge is 0.0652 e. The molecule has 1 aromatic carbocycles. The van der Waals surface area contributed by atoms with Crippen molar-refractivity contribution in [1.29, 1.82) is 0 Å². The molecule has 0 bridgehead atoms. The van der Waals surface area contributed by atoms with E-state index in [0.717, 1.165) is 11.1 Å². The summed E-state index contributed by atoms with van der Waals surface area (Å²) in [6.07, 6.45) is 3.58. The van der Waals surface area contributed by atoms with Gasteiger partial charge in [-0.3, -0.25) is 4.98 Å². The zero-order valence-corrected chi connectivity index (χ0v) is 12.6. The number of benzene rings is 1. The molecule has 1 atom stereocenters. The van der Waals surface area contributed by atoms with E-state index in [2.05, 4.69) is 17.2 Å². The number of hydrogen-bond acceptors (Lipinski definition) is 2. The molecule has 2 nitrogen and oxygen atoms in total. The Balaban J connectivity index is 2.09. The Morgan fingerprint density at radius 3 is 2.58 bits per heavy atom. The lowest BCUT2D eigenvalue weighted by Crippen LogP contribution is -2.18. The molecule has 0 spiro atoms. The van der Waals surface area contributed by atoms with Crippen molar-refractivity contribution in [2.24, 2.45) is 0 Å². The maximum Gasteiger partial charge on any atom is 0.0652 e. The molecular weight excluding hydrogens is 303 g/mol. The van der Waals surface area contributed by atoms with Crippen molar-refractivity contribution in [3.05, 3.63) is 62.9 Å². The molecule has 0 unspecified atom stereocenters. The molecule has 1 heterocycles. The molecule has 0 saturated carbocycles. The van der Waals surface area contributed by atoms with Gasteiger partial charge in [-0.15, -0.1) is 0 Å². The number of aromatic nitrogens is 1. The molecule has 0 aliphatic rings. The summed E-state index contributed by atoms with van der Waals surface area (Å²) in [6, 6.07) is 7.53. The van der Waals surface area contributed by atoms with E-state index in [9.17, 15) is 0 Å². The van der Waals surface area contributed by atoms with Crippen molar-refractivity contribution in [3.8, 4) is 0 Å². The molecule has 2 rings (SSSR count). The summed E-state index contributed by atoms with van der Waals surface area (Å²) >= 11 is 18.3. The summed E-state index contributed by atoms with van der Waals surface area (Å²) < 4.78 is 0. The van der Waals surface area contributed by atoms with Crippen molar-refractivity contribution >= 4 is 34.8 Å². The van der Waals surface area contributed by atoms with Crippen LogP contribution in [0.15, 0.2) is 36.7 Å². The minimum atomic E-state index is 0.153. The molecule has 2 aromatic rings. The topological polar surface area (TPSA) is 24.9 Å². The van der Waals surface area contributed by atoms with Gasteiger partial charge in [0.1, 0.15) is 0 Å². The van der Waals surface area contributed by atoms with Gasteiger partial charge in [0.2, 0.25) is 0 Å². The average molecular weight is 316 g/mol. The first-order valence-electron chi connectivity index (χ1n) is 5.85. The van der Waals surface area contributed by atoms with Crippen LogP contribution in [0.1, 0.15) is 24.1 Å². The molecule has 0 aliphatic carbocycles. The summed E-state index contributed by atoms with van der Waals surface area (Å²) in [7, 11) is 0. The lowest BCUT2D eigenvalue weighted by Gasteiger charge is -2.15. The second-order valence-corrected chi connectivity index (χ2v) is 5.40. The van der Waals surface area contributed by atoms with Gasteiger partial charge in [0.05, 0.1) is 10.0 Å². The first kappa shape index (κ1) is 14.6. The van der Waals surface area contributed by atoms with E-state index in [0.29, 0.717) is 21.6 Å². The van der Waals surface area contributed by atoms with Gasteiger partial charge in [-0.2, -0.15) is 0 Å². The Morgan fingerprint density at radius 2 is 1.89 bits per heavy atom. The van der Waals surface area contributed by atoms with Gasteiger partial charge >= 0.3 is 0 Å². The molecule has 5 heteroatoms. The highest BCUT2D eigenvalue weighted by Crippen LogP contribution is 2.31. The molecular formula is C14H13Cl3N2. The van der Waals surface area contributed by atoms with Crippen molar-refractivity contribution in [1.82, 2.24) is 10.3 Å². The Morgan fingerprint density at radius 1 is 1.16 bits per heavy atom. The van der Waals surface area contributed by atoms with Crippen LogP contribution in [0.5, 0.6) is 0 Å². The number of halogens is 3. The fraction of sp³-hybridized carbons (Fsp3) is 0.214. The number of nitrogens with zero attached hydrogens (tertiary/aromatic N) is 1. The third-order valence-corrected chi connectivity index (χ3v) is 4.11. The van der Waals surface area contributed by atoms with E-state index in [4.69, 9.17) is 34.8 Å². The van der Waals surface area contributed by atoms with Gasteiger partial charge in [0.25, 0.3) is 0 Å². The highest BCUT2D eigenvalue weighted by molar-refractivity contribution is 6.44. The van der Waals surface area contributed by atoms with Crippen LogP contribution in [-0.2, 0) is 6.54 Å². The Labute approximate surface area is 127 Å². The van der Waals surface area contributed by atoms with Gasteiger partial charge in [-0.05, 0) is 30.7 Å². The molecule has 0 radical (unpaired) electrons. The van der Waals surface area contributed by atoms with Crippen molar-refractivity contribution in [2.45, 2.75) is 19.5 Å².